The summed E-state index contributed by atoms with van der Waals surface area (Å²) >= 11 is 5.25. The van der Waals surface area contributed by atoms with Crippen molar-refractivity contribution in [3.63, 3.8) is 0 Å². The van der Waals surface area contributed by atoms with Crippen molar-refractivity contribution in [2.45, 2.75) is 25.5 Å². The molecular formula is C15H17BrN2OS. The minimum absolute atomic E-state index is 0.388. The molecule has 1 saturated heterocycles. The Balaban J connectivity index is 1.56. The standard InChI is InChI=1S/C15H17BrN2OS/c16-12-4-1-3-11(7-12)14-9-18-15(20-14)10-17-8-13-5-2-6-19-13/h1,3-4,7,9,13,17H,2,5-6,8,10H2. The van der Waals surface area contributed by atoms with Crippen LogP contribution in [-0.4, -0.2) is 24.2 Å². The van der Waals surface area contributed by atoms with Crippen molar-refractivity contribution in [3.8, 4) is 10.4 Å². The van der Waals surface area contributed by atoms with Crippen LogP contribution in [0.25, 0.3) is 10.4 Å². The molecule has 0 radical (unpaired) electrons. The van der Waals surface area contributed by atoms with Crippen LogP contribution in [0.1, 0.15) is 17.8 Å². The number of benzene rings is 1. The van der Waals surface area contributed by atoms with E-state index in [1.807, 2.05) is 12.3 Å². The van der Waals surface area contributed by atoms with Crippen LogP contribution in [0.3, 0.4) is 0 Å². The second-order valence-corrected chi connectivity index (χ2v) is 6.93. The summed E-state index contributed by atoms with van der Waals surface area (Å²) < 4.78 is 6.69. The van der Waals surface area contributed by atoms with Gasteiger partial charge in [0.05, 0.1) is 11.0 Å². The van der Waals surface area contributed by atoms with Crippen molar-refractivity contribution < 1.29 is 4.74 Å². The fourth-order valence-corrected chi connectivity index (χ4v) is 3.60. The van der Waals surface area contributed by atoms with E-state index in [0.29, 0.717) is 6.10 Å². The Labute approximate surface area is 131 Å². The van der Waals surface area contributed by atoms with Crippen LogP contribution in [0.5, 0.6) is 0 Å². The number of nitrogens with zero attached hydrogens (tertiary/aromatic N) is 1. The molecular weight excluding hydrogens is 336 g/mol. The number of hydrogen-bond acceptors (Lipinski definition) is 4. The van der Waals surface area contributed by atoms with Gasteiger partial charge in [0.25, 0.3) is 0 Å². The molecule has 2 aromatic rings. The topological polar surface area (TPSA) is 34.2 Å². The van der Waals surface area contributed by atoms with Crippen LogP contribution >= 0.6 is 27.3 Å². The van der Waals surface area contributed by atoms with Gasteiger partial charge in [-0.2, -0.15) is 0 Å². The van der Waals surface area contributed by atoms with Crippen LogP contribution in [0.2, 0.25) is 0 Å². The third kappa shape index (κ3) is 3.67. The first-order chi connectivity index (χ1) is 9.81. The minimum atomic E-state index is 0.388. The van der Waals surface area contributed by atoms with Gasteiger partial charge in [-0.1, -0.05) is 28.1 Å². The van der Waals surface area contributed by atoms with E-state index >= 15 is 0 Å². The summed E-state index contributed by atoms with van der Waals surface area (Å²) in [6.45, 7) is 2.65. The van der Waals surface area contributed by atoms with E-state index in [4.69, 9.17) is 4.74 Å². The summed E-state index contributed by atoms with van der Waals surface area (Å²) in [6.07, 6.45) is 4.71. The van der Waals surface area contributed by atoms with Gasteiger partial charge >= 0.3 is 0 Å². The van der Waals surface area contributed by atoms with Crippen molar-refractivity contribution in [1.82, 2.24) is 10.3 Å². The SMILES string of the molecule is Brc1cccc(-c2cnc(CNCC3CCCO3)s2)c1. The van der Waals surface area contributed by atoms with Crippen molar-refractivity contribution in [1.29, 1.82) is 0 Å². The molecule has 0 saturated carbocycles. The molecule has 1 N–H and O–H groups in total. The summed E-state index contributed by atoms with van der Waals surface area (Å²) in [6, 6.07) is 8.32. The van der Waals surface area contributed by atoms with E-state index in [9.17, 15) is 0 Å². The molecule has 0 amide bonds. The quantitative estimate of drug-likeness (QED) is 0.887. The number of hydrogen-bond donors (Lipinski definition) is 1. The van der Waals surface area contributed by atoms with Gasteiger partial charge < -0.3 is 10.1 Å². The maximum absolute atomic E-state index is 5.59. The number of rotatable bonds is 5. The normalized spacial score (nSPS) is 18.6. The largest absolute Gasteiger partial charge is 0.377 e. The van der Waals surface area contributed by atoms with Gasteiger partial charge in [0.15, 0.2) is 0 Å². The molecule has 1 aromatic heterocycles. The van der Waals surface area contributed by atoms with Gasteiger partial charge in [-0.15, -0.1) is 11.3 Å². The van der Waals surface area contributed by atoms with Crippen LogP contribution in [-0.2, 0) is 11.3 Å². The molecule has 2 heterocycles. The van der Waals surface area contributed by atoms with Gasteiger partial charge in [-0.25, -0.2) is 4.98 Å². The molecule has 1 fully saturated rings. The lowest BCUT2D eigenvalue weighted by Crippen LogP contribution is -2.25. The fourth-order valence-electron chi connectivity index (χ4n) is 2.31. The summed E-state index contributed by atoms with van der Waals surface area (Å²) in [5.41, 5.74) is 1.21. The van der Waals surface area contributed by atoms with E-state index in [1.165, 1.54) is 23.3 Å². The highest BCUT2D eigenvalue weighted by atomic mass is 79.9. The predicted octanol–water partition coefficient (Wildman–Crippen LogP) is 3.84. The summed E-state index contributed by atoms with van der Waals surface area (Å²) in [7, 11) is 0. The van der Waals surface area contributed by atoms with E-state index in [1.54, 1.807) is 11.3 Å². The maximum Gasteiger partial charge on any atom is 0.107 e. The smallest absolute Gasteiger partial charge is 0.107 e. The van der Waals surface area contributed by atoms with E-state index in [0.717, 1.165) is 29.2 Å². The third-order valence-corrected chi connectivity index (χ3v) is 4.87. The Morgan fingerprint density at radius 3 is 3.20 bits per heavy atom. The molecule has 3 rings (SSSR count). The highest BCUT2D eigenvalue weighted by Crippen LogP contribution is 2.28. The van der Waals surface area contributed by atoms with Crippen LogP contribution in [0, 0.1) is 0 Å². The van der Waals surface area contributed by atoms with Gasteiger partial charge in [0.2, 0.25) is 0 Å². The molecule has 1 atom stereocenters. The zero-order valence-electron chi connectivity index (χ0n) is 11.1. The number of nitrogens with one attached hydrogen (secondary N) is 1. The first-order valence-corrected chi connectivity index (χ1v) is 8.45. The highest BCUT2D eigenvalue weighted by Gasteiger charge is 2.14. The summed E-state index contributed by atoms with van der Waals surface area (Å²) in [5, 5.41) is 4.56. The van der Waals surface area contributed by atoms with Gasteiger partial charge in [-0.3, -0.25) is 0 Å². The molecule has 1 aliphatic heterocycles. The summed E-state index contributed by atoms with van der Waals surface area (Å²) in [4.78, 5) is 5.69. The number of thiazole rings is 1. The molecule has 20 heavy (non-hydrogen) atoms. The van der Waals surface area contributed by atoms with E-state index < -0.39 is 0 Å². The van der Waals surface area contributed by atoms with Gasteiger partial charge in [-0.05, 0) is 30.5 Å². The second kappa shape index (κ2) is 6.80. The fraction of sp³-hybridized carbons (Fsp3) is 0.400. The number of ether oxygens (including phenoxy) is 1. The highest BCUT2D eigenvalue weighted by molar-refractivity contribution is 9.10. The lowest BCUT2D eigenvalue weighted by atomic mass is 10.2. The minimum Gasteiger partial charge on any atom is -0.377 e. The monoisotopic (exact) mass is 352 g/mol. The number of halogens is 1. The van der Waals surface area contributed by atoms with Crippen LogP contribution < -0.4 is 5.32 Å². The molecule has 1 aliphatic rings. The zero-order chi connectivity index (χ0) is 13.8. The van der Waals surface area contributed by atoms with Crippen LogP contribution in [0.4, 0.5) is 0 Å². The second-order valence-electron chi connectivity index (χ2n) is 4.89. The van der Waals surface area contributed by atoms with Crippen molar-refractivity contribution >= 4 is 27.3 Å². The first-order valence-electron chi connectivity index (χ1n) is 6.84. The Morgan fingerprint density at radius 1 is 1.45 bits per heavy atom. The molecule has 106 valence electrons. The first kappa shape index (κ1) is 14.2. The average molecular weight is 353 g/mol. The molecule has 0 bridgehead atoms. The van der Waals surface area contributed by atoms with Crippen molar-refractivity contribution in [2.75, 3.05) is 13.2 Å². The zero-order valence-corrected chi connectivity index (χ0v) is 13.5. The lowest BCUT2D eigenvalue weighted by molar-refractivity contribution is 0.110. The molecule has 3 nitrogen and oxygen atoms in total. The lowest BCUT2D eigenvalue weighted by Gasteiger charge is -2.09. The number of aromatic nitrogens is 1. The Kier molecular flexibility index (Phi) is 4.83. The molecule has 5 heteroatoms. The summed E-state index contributed by atoms with van der Waals surface area (Å²) in [5.74, 6) is 0. The van der Waals surface area contributed by atoms with Crippen molar-refractivity contribution in [3.05, 3.63) is 39.9 Å². The van der Waals surface area contributed by atoms with Crippen molar-refractivity contribution in [2.24, 2.45) is 0 Å². The Hall–Kier alpha value is -0.750. The van der Waals surface area contributed by atoms with Gasteiger partial charge in [0, 0.05) is 30.4 Å². The Morgan fingerprint density at radius 2 is 2.40 bits per heavy atom. The average Bonchev–Trinajstić information content (AvgIpc) is 3.10. The molecule has 0 aliphatic carbocycles. The van der Waals surface area contributed by atoms with Crippen LogP contribution in [0.15, 0.2) is 34.9 Å². The van der Waals surface area contributed by atoms with Gasteiger partial charge in [0.1, 0.15) is 5.01 Å². The Bertz CT molecular complexity index is 567. The molecule has 1 unspecified atom stereocenters. The molecule has 0 spiro atoms. The van der Waals surface area contributed by atoms with E-state index in [2.05, 4.69) is 44.4 Å². The third-order valence-electron chi connectivity index (χ3n) is 3.33. The maximum atomic E-state index is 5.59. The molecule has 1 aromatic carbocycles. The van der Waals surface area contributed by atoms with E-state index in [-0.39, 0.29) is 0 Å². The predicted molar refractivity (Wildman–Crippen MR) is 85.9 cm³/mol.